The third-order valence-electron chi connectivity index (χ3n) is 4.48. The van der Waals surface area contributed by atoms with Gasteiger partial charge >= 0.3 is 5.97 Å². The zero-order valence-corrected chi connectivity index (χ0v) is 18.8. The Labute approximate surface area is 201 Å². The minimum atomic E-state index is -1.22. The number of hydrogen-bond acceptors (Lipinski definition) is 10. The third kappa shape index (κ3) is 6.64. The van der Waals surface area contributed by atoms with Crippen LogP contribution in [0.2, 0.25) is 0 Å². The first kappa shape index (κ1) is 24.9. The molecule has 2 aromatic carbocycles. The summed E-state index contributed by atoms with van der Waals surface area (Å²) in [5.41, 5.74) is 0.527. The molecule has 180 valence electrons. The van der Waals surface area contributed by atoms with Crippen LogP contribution in [0.5, 0.6) is 0 Å². The van der Waals surface area contributed by atoms with Crippen molar-refractivity contribution in [3.8, 4) is 11.3 Å². The number of carbonyl (C=O) groups is 3. The highest BCUT2D eigenvalue weighted by Crippen LogP contribution is 2.27. The lowest BCUT2D eigenvalue weighted by atomic mass is 10.1. The molecule has 0 saturated heterocycles. The van der Waals surface area contributed by atoms with Gasteiger partial charge in [0.2, 0.25) is 0 Å². The van der Waals surface area contributed by atoms with Crippen LogP contribution in [0.15, 0.2) is 53.9 Å². The van der Waals surface area contributed by atoms with E-state index in [0.717, 1.165) is 17.4 Å². The molecule has 0 saturated carbocycles. The summed E-state index contributed by atoms with van der Waals surface area (Å²) >= 11 is 1.08. The van der Waals surface area contributed by atoms with Crippen LogP contribution in [0.4, 0.5) is 16.5 Å². The van der Waals surface area contributed by atoms with Crippen molar-refractivity contribution in [3.63, 3.8) is 0 Å². The average Bonchev–Trinajstić information content (AvgIpc) is 3.31. The van der Waals surface area contributed by atoms with Crippen LogP contribution in [-0.2, 0) is 14.3 Å². The average molecular weight is 499 g/mol. The number of nitrogens with one attached hydrogen (secondary N) is 2. The normalized spacial score (nSPS) is 11.2. The number of benzene rings is 2. The summed E-state index contributed by atoms with van der Waals surface area (Å²) in [6.45, 7) is 0.762. The molecule has 35 heavy (non-hydrogen) atoms. The smallest absolute Gasteiger partial charge is 0.326 e. The number of esters is 1. The number of nitrogens with zero attached hydrogens (tertiary/aromatic N) is 3. The van der Waals surface area contributed by atoms with Crippen molar-refractivity contribution >= 4 is 45.6 Å². The predicted octanol–water partition coefficient (Wildman–Crippen LogP) is 2.93. The highest BCUT2D eigenvalue weighted by atomic mass is 32.1. The minimum absolute atomic E-state index is 0.0129. The number of thiazole rings is 1. The number of ether oxygens (including phenoxy) is 1. The molecule has 3 rings (SSSR count). The van der Waals surface area contributed by atoms with Crippen LogP contribution < -0.4 is 10.6 Å². The predicted molar refractivity (Wildman–Crippen MR) is 124 cm³/mol. The summed E-state index contributed by atoms with van der Waals surface area (Å²) in [6.07, 6.45) is -1.22. The van der Waals surface area contributed by atoms with Crippen LogP contribution in [-0.4, -0.2) is 45.3 Å². The van der Waals surface area contributed by atoms with Gasteiger partial charge in [-0.05, 0) is 13.0 Å². The summed E-state index contributed by atoms with van der Waals surface area (Å²) in [4.78, 5) is 61.2. The fourth-order valence-corrected chi connectivity index (χ4v) is 3.48. The van der Waals surface area contributed by atoms with Gasteiger partial charge in [0.25, 0.3) is 23.2 Å². The molecule has 0 fully saturated rings. The molecule has 1 unspecified atom stereocenters. The summed E-state index contributed by atoms with van der Waals surface area (Å²) < 4.78 is 4.99. The van der Waals surface area contributed by atoms with E-state index in [-0.39, 0.29) is 22.1 Å². The molecule has 2 amide bonds. The van der Waals surface area contributed by atoms with Gasteiger partial charge in [0.15, 0.2) is 11.2 Å². The van der Waals surface area contributed by atoms with E-state index in [1.165, 1.54) is 43.3 Å². The molecule has 1 aromatic heterocycles. The quantitative estimate of drug-likeness (QED) is 0.254. The first-order valence-electron chi connectivity index (χ1n) is 9.87. The Balaban J connectivity index is 1.51. The van der Waals surface area contributed by atoms with E-state index in [1.54, 1.807) is 11.4 Å². The van der Waals surface area contributed by atoms with Gasteiger partial charge in [-0.2, -0.15) is 0 Å². The molecule has 0 radical (unpaired) electrons. The fraction of sp³-hybridized carbons (Fsp3) is 0.143. The highest BCUT2D eigenvalue weighted by molar-refractivity contribution is 7.14. The molecular weight excluding hydrogens is 482 g/mol. The topological polar surface area (TPSA) is 184 Å². The Kier molecular flexibility index (Phi) is 7.78. The van der Waals surface area contributed by atoms with Gasteiger partial charge in [0.05, 0.1) is 15.5 Å². The molecule has 0 aliphatic rings. The lowest BCUT2D eigenvalue weighted by Gasteiger charge is -2.12. The van der Waals surface area contributed by atoms with Gasteiger partial charge in [-0.25, -0.2) is 4.98 Å². The lowest BCUT2D eigenvalue weighted by molar-refractivity contribution is -0.385. The number of rotatable bonds is 9. The monoisotopic (exact) mass is 499 g/mol. The summed E-state index contributed by atoms with van der Waals surface area (Å²) in [7, 11) is 0. The standard InChI is InChI=1S/C21H17N5O8S/c1-12(34-18(27)10-22-20(29)14-5-3-7-16(9-14)26(32)33)19(28)24-21-23-17(11-35-21)13-4-2-6-15(8-13)25(30)31/h2-9,11-12H,10H2,1H3,(H,22,29)(H,23,24,28). The lowest BCUT2D eigenvalue weighted by Crippen LogP contribution is -2.35. The maximum absolute atomic E-state index is 12.3. The Morgan fingerprint density at radius 3 is 2.40 bits per heavy atom. The second-order valence-electron chi connectivity index (χ2n) is 6.96. The van der Waals surface area contributed by atoms with Gasteiger partial charge in [-0.1, -0.05) is 18.2 Å². The number of non-ortho nitro benzene ring substituents is 2. The maximum atomic E-state index is 12.3. The van der Waals surface area contributed by atoms with E-state index in [0.29, 0.717) is 11.3 Å². The molecule has 14 heteroatoms. The summed E-state index contributed by atoms with van der Waals surface area (Å²) in [5.74, 6) is -2.30. The Hall–Kier alpha value is -4.72. The number of aromatic nitrogens is 1. The number of hydrogen-bond donors (Lipinski definition) is 2. The van der Waals surface area contributed by atoms with E-state index in [9.17, 15) is 34.6 Å². The van der Waals surface area contributed by atoms with Crippen molar-refractivity contribution in [2.45, 2.75) is 13.0 Å². The van der Waals surface area contributed by atoms with Crippen molar-refractivity contribution in [2.24, 2.45) is 0 Å². The number of amides is 2. The van der Waals surface area contributed by atoms with E-state index < -0.39 is 40.3 Å². The van der Waals surface area contributed by atoms with Crippen LogP contribution in [0.1, 0.15) is 17.3 Å². The molecule has 0 aliphatic carbocycles. The number of nitro groups is 2. The SMILES string of the molecule is CC(OC(=O)CNC(=O)c1cccc([N+](=O)[O-])c1)C(=O)Nc1nc(-c2cccc([N+](=O)[O-])c2)cs1. The van der Waals surface area contributed by atoms with Gasteiger partial charge in [-0.3, -0.25) is 39.9 Å². The van der Waals surface area contributed by atoms with Crippen LogP contribution in [0.25, 0.3) is 11.3 Å². The molecular formula is C21H17N5O8S. The van der Waals surface area contributed by atoms with Gasteiger partial charge in [-0.15, -0.1) is 11.3 Å². The molecule has 1 heterocycles. The third-order valence-corrected chi connectivity index (χ3v) is 5.23. The van der Waals surface area contributed by atoms with Crippen LogP contribution in [0, 0.1) is 20.2 Å². The largest absolute Gasteiger partial charge is 0.451 e. The van der Waals surface area contributed by atoms with E-state index in [4.69, 9.17) is 4.74 Å². The molecule has 0 bridgehead atoms. The number of nitro benzene ring substituents is 2. The van der Waals surface area contributed by atoms with Gasteiger partial charge < -0.3 is 10.1 Å². The molecule has 0 aliphatic heterocycles. The van der Waals surface area contributed by atoms with Crippen molar-refractivity contribution in [1.29, 1.82) is 0 Å². The Bertz CT molecular complexity index is 1310. The van der Waals surface area contributed by atoms with Crippen molar-refractivity contribution in [2.75, 3.05) is 11.9 Å². The minimum Gasteiger partial charge on any atom is -0.451 e. The Morgan fingerprint density at radius 2 is 1.71 bits per heavy atom. The Morgan fingerprint density at radius 1 is 1.06 bits per heavy atom. The van der Waals surface area contributed by atoms with Crippen LogP contribution >= 0.6 is 11.3 Å². The van der Waals surface area contributed by atoms with E-state index in [1.807, 2.05) is 0 Å². The first-order chi connectivity index (χ1) is 16.6. The molecule has 13 nitrogen and oxygen atoms in total. The zero-order chi connectivity index (χ0) is 25.5. The van der Waals surface area contributed by atoms with E-state index in [2.05, 4.69) is 15.6 Å². The molecule has 0 spiro atoms. The zero-order valence-electron chi connectivity index (χ0n) is 18.0. The maximum Gasteiger partial charge on any atom is 0.326 e. The van der Waals surface area contributed by atoms with Crippen molar-refractivity contribution < 1.29 is 29.0 Å². The fourth-order valence-electron chi connectivity index (χ4n) is 2.76. The summed E-state index contributed by atoms with van der Waals surface area (Å²) in [5, 5.41) is 28.3. The second kappa shape index (κ2) is 10.9. The highest BCUT2D eigenvalue weighted by Gasteiger charge is 2.20. The van der Waals surface area contributed by atoms with Crippen molar-refractivity contribution in [3.05, 3.63) is 79.7 Å². The van der Waals surface area contributed by atoms with Gasteiger partial charge in [0.1, 0.15) is 6.54 Å². The number of anilines is 1. The van der Waals surface area contributed by atoms with Crippen molar-refractivity contribution in [1.82, 2.24) is 10.3 Å². The number of carbonyl (C=O) groups excluding carboxylic acids is 3. The van der Waals surface area contributed by atoms with Gasteiger partial charge in [0, 0.05) is 40.8 Å². The molecule has 1 atom stereocenters. The summed E-state index contributed by atoms with van der Waals surface area (Å²) in [6, 6.07) is 10.8. The molecule has 3 aromatic rings. The second-order valence-corrected chi connectivity index (χ2v) is 7.81. The van der Waals surface area contributed by atoms with Crippen LogP contribution in [0.3, 0.4) is 0 Å². The van der Waals surface area contributed by atoms with E-state index >= 15 is 0 Å². The molecule has 2 N–H and O–H groups in total. The first-order valence-corrected chi connectivity index (χ1v) is 10.8.